The number of anilines is 2. The number of nitrogens with zero attached hydrogens (tertiary/aromatic N) is 5. The van der Waals surface area contributed by atoms with E-state index in [2.05, 4.69) is 25.5 Å². The fraction of sp³-hybridized carbons (Fsp3) is 0.375. The standard InChI is InChI=1S/C24H25N7O4S/c1-30(2)23(32)12-3-4-15-19(6-12)36-22-20(15)21(25-11-26-22)28-17-5-13-8-27-29-16(13)7-18(17)35-14-9-31(10-14)24(33)34/h5,7-8,11-12,14H,3-4,6,9-10H2,1-2H3,(H,27,29)(H,33,34)(H,25,26,28)/t12-/m0/s1. The normalized spacial score (nSPS) is 17.6. The Morgan fingerprint density at radius 2 is 2.11 bits per heavy atom. The number of benzene rings is 1. The predicted molar refractivity (Wildman–Crippen MR) is 135 cm³/mol. The van der Waals surface area contributed by atoms with E-state index in [-0.39, 0.29) is 17.9 Å². The molecule has 0 spiro atoms. The molecule has 1 aliphatic carbocycles. The Morgan fingerprint density at radius 1 is 1.28 bits per heavy atom. The van der Waals surface area contributed by atoms with E-state index in [1.807, 2.05) is 12.1 Å². The van der Waals surface area contributed by atoms with E-state index in [9.17, 15) is 9.59 Å². The largest absolute Gasteiger partial charge is 0.484 e. The number of carboxylic acid groups (broad SMARTS) is 1. The Balaban J connectivity index is 1.33. The van der Waals surface area contributed by atoms with Gasteiger partial charge in [-0.15, -0.1) is 11.3 Å². The lowest BCUT2D eigenvalue weighted by molar-refractivity contribution is -0.133. The van der Waals surface area contributed by atoms with E-state index in [0.717, 1.165) is 34.0 Å². The molecule has 0 unspecified atom stereocenters. The van der Waals surface area contributed by atoms with Crippen LogP contribution < -0.4 is 10.1 Å². The maximum absolute atomic E-state index is 12.6. The van der Waals surface area contributed by atoms with Gasteiger partial charge in [0, 0.05) is 36.3 Å². The SMILES string of the molecule is CN(C)C(=O)[C@H]1CCc2c(sc3ncnc(Nc4cc5cn[nH]c5cc4OC4CN(C(=O)O)C4)c23)C1. The number of hydrogen-bond donors (Lipinski definition) is 3. The number of rotatable bonds is 5. The van der Waals surface area contributed by atoms with Gasteiger partial charge in [0.25, 0.3) is 0 Å². The number of aromatic amines is 1. The van der Waals surface area contributed by atoms with Crippen LogP contribution >= 0.6 is 11.3 Å². The Labute approximate surface area is 210 Å². The van der Waals surface area contributed by atoms with Crippen molar-refractivity contribution >= 4 is 56.0 Å². The van der Waals surface area contributed by atoms with Gasteiger partial charge in [0.1, 0.15) is 28.8 Å². The molecule has 1 aliphatic heterocycles. The number of fused-ring (bicyclic) bond motifs is 4. The third-order valence-electron chi connectivity index (χ3n) is 6.84. The van der Waals surface area contributed by atoms with Crippen molar-refractivity contribution in [2.24, 2.45) is 5.92 Å². The summed E-state index contributed by atoms with van der Waals surface area (Å²) >= 11 is 1.62. The fourth-order valence-electron chi connectivity index (χ4n) is 4.92. The molecule has 0 saturated carbocycles. The Bertz CT molecular complexity index is 1490. The van der Waals surface area contributed by atoms with Crippen molar-refractivity contribution in [3.8, 4) is 5.75 Å². The average Bonchev–Trinajstić information content (AvgIpc) is 3.43. The number of carbonyl (C=O) groups excluding carboxylic acids is 1. The maximum Gasteiger partial charge on any atom is 0.407 e. The summed E-state index contributed by atoms with van der Waals surface area (Å²) in [5, 5.41) is 21.6. The summed E-state index contributed by atoms with van der Waals surface area (Å²) in [5.41, 5.74) is 2.74. The van der Waals surface area contributed by atoms with E-state index in [0.29, 0.717) is 36.8 Å². The van der Waals surface area contributed by atoms with Crippen LogP contribution in [0, 0.1) is 5.92 Å². The van der Waals surface area contributed by atoms with Gasteiger partial charge in [0.2, 0.25) is 5.91 Å². The van der Waals surface area contributed by atoms with Crippen molar-refractivity contribution in [1.29, 1.82) is 0 Å². The highest BCUT2D eigenvalue weighted by atomic mass is 32.1. The van der Waals surface area contributed by atoms with Crippen molar-refractivity contribution in [2.75, 3.05) is 32.5 Å². The van der Waals surface area contributed by atoms with Crippen LogP contribution in [-0.2, 0) is 17.6 Å². The van der Waals surface area contributed by atoms with Gasteiger partial charge < -0.3 is 25.0 Å². The topological polar surface area (TPSA) is 137 Å². The minimum Gasteiger partial charge on any atom is -0.484 e. The second-order valence-electron chi connectivity index (χ2n) is 9.44. The van der Waals surface area contributed by atoms with Gasteiger partial charge >= 0.3 is 6.09 Å². The first-order chi connectivity index (χ1) is 17.4. The summed E-state index contributed by atoms with van der Waals surface area (Å²) in [4.78, 5) is 37.8. The zero-order valence-electron chi connectivity index (χ0n) is 19.8. The minimum absolute atomic E-state index is 0.0127. The second-order valence-corrected chi connectivity index (χ2v) is 10.5. The molecule has 11 nitrogen and oxygen atoms in total. The highest BCUT2D eigenvalue weighted by molar-refractivity contribution is 7.19. The molecule has 0 bridgehead atoms. The van der Waals surface area contributed by atoms with Gasteiger partial charge in [-0.3, -0.25) is 9.89 Å². The van der Waals surface area contributed by atoms with Gasteiger partial charge in [-0.05, 0) is 30.9 Å². The Hall–Kier alpha value is -3.93. The first-order valence-electron chi connectivity index (χ1n) is 11.7. The van der Waals surface area contributed by atoms with Crippen molar-refractivity contribution in [3.05, 3.63) is 35.1 Å². The molecule has 1 atom stereocenters. The van der Waals surface area contributed by atoms with E-state index < -0.39 is 6.09 Å². The van der Waals surface area contributed by atoms with Crippen molar-refractivity contribution < 1.29 is 19.4 Å². The molecule has 12 heteroatoms. The quantitative estimate of drug-likeness (QED) is 0.374. The summed E-state index contributed by atoms with van der Waals surface area (Å²) in [7, 11) is 3.60. The third-order valence-corrected chi connectivity index (χ3v) is 8.00. The van der Waals surface area contributed by atoms with E-state index in [1.54, 1.807) is 42.9 Å². The van der Waals surface area contributed by atoms with Gasteiger partial charge in [0.05, 0.1) is 35.9 Å². The second kappa shape index (κ2) is 8.63. The zero-order valence-corrected chi connectivity index (χ0v) is 20.6. The molecular formula is C24H25N7O4S. The molecule has 2 amide bonds. The number of carbonyl (C=O) groups is 2. The molecule has 3 N–H and O–H groups in total. The fourth-order valence-corrected chi connectivity index (χ4v) is 6.19. The van der Waals surface area contributed by atoms with Crippen LogP contribution in [0.1, 0.15) is 16.9 Å². The summed E-state index contributed by atoms with van der Waals surface area (Å²) in [6, 6.07) is 3.81. The molecule has 36 heavy (non-hydrogen) atoms. The highest BCUT2D eigenvalue weighted by Gasteiger charge is 2.33. The molecule has 2 aliphatic rings. The van der Waals surface area contributed by atoms with Gasteiger partial charge in [-0.25, -0.2) is 14.8 Å². The lowest BCUT2D eigenvalue weighted by atomic mass is 9.87. The molecule has 6 rings (SSSR count). The van der Waals surface area contributed by atoms with Crippen LogP contribution in [0.25, 0.3) is 21.1 Å². The van der Waals surface area contributed by atoms with Gasteiger partial charge in [0.15, 0.2) is 0 Å². The lowest BCUT2D eigenvalue weighted by Crippen LogP contribution is -2.55. The molecule has 0 radical (unpaired) electrons. The third kappa shape index (κ3) is 3.87. The summed E-state index contributed by atoms with van der Waals surface area (Å²) in [6.07, 6.45) is 4.40. The highest BCUT2D eigenvalue weighted by Crippen LogP contribution is 2.42. The molecule has 3 aromatic heterocycles. The number of hydrogen-bond acceptors (Lipinski definition) is 8. The summed E-state index contributed by atoms with van der Waals surface area (Å²) in [6.45, 7) is 0.636. The first kappa shape index (κ1) is 22.5. The molecule has 1 fully saturated rings. The van der Waals surface area contributed by atoms with E-state index in [1.165, 1.54) is 15.3 Å². The number of nitrogens with one attached hydrogen (secondary N) is 2. The average molecular weight is 508 g/mol. The summed E-state index contributed by atoms with van der Waals surface area (Å²) < 4.78 is 6.18. The maximum atomic E-state index is 12.6. The van der Waals surface area contributed by atoms with Gasteiger partial charge in [-0.1, -0.05) is 0 Å². The molecule has 4 heterocycles. The number of likely N-dealkylation sites (tertiary alicyclic amines) is 1. The molecule has 186 valence electrons. The van der Waals surface area contributed by atoms with E-state index in [4.69, 9.17) is 9.84 Å². The van der Waals surface area contributed by atoms with Crippen molar-refractivity contribution in [1.82, 2.24) is 30.0 Å². The number of aryl methyl sites for hydroxylation is 1. The number of thiophene rings is 1. The lowest BCUT2D eigenvalue weighted by Gasteiger charge is -2.37. The molecule has 4 aromatic rings. The number of amides is 2. The van der Waals surface area contributed by atoms with Gasteiger partial charge in [-0.2, -0.15) is 5.10 Å². The number of aromatic nitrogens is 4. The first-order valence-corrected chi connectivity index (χ1v) is 12.5. The summed E-state index contributed by atoms with van der Waals surface area (Å²) in [5.74, 6) is 1.43. The molecular weight excluding hydrogens is 482 g/mol. The monoisotopic (exact) mass is 507 g/mol. The van der Waals surface area contributed by atoms with Crippen LogP contribution in [-0.4, -0.2) is 80.4 Å². The van der Waals surface area contributed by atoms with Crippen LogP contribution in [0.5, 0.6) is 5.75 Å². The van der Waals surface area contributed by atoms with Crippen molar-refractivity contribution in [2.45, 2.75) is 25.4 Å². The van der Waals surface area contributed by atoms with Crippen LogP contribution in [0.2, 0.25) is 0 Å². The minimum atomic E-state index is -0.947. The molecule has 1 saturated heterocycles. The van der Waals surface area contributed by atoms with Crippen LogP contribution in [0.4, 0.5) is 16.3 Å². The smallest absolute Gasteiger partial charge is 0.407 e. The predicted octanol–water partition coefficient (Wildman–Crippen LogP) is 3.25. The zero-order chi connectivity index (χ0) is 25.0. The van der Waals surface area contributed by atoms with E-state index >= 15 is 0 Å². The Kier molecular flexibility index (Phi) is 5.40. The number of H-pyrrole nitrogens is 1. The van der Waals surface area contributed by atoms with Crippen LogP contribution in [0.15, 0.2) is 24.7 Å². The van der Waals surface area contributed by atoms with Crippen LogP contribution in [0.3, 0.4) is 0 Å². The number of ether oxygens (including phenoxy) is 1. The molecule has 1 aromatic carbocycles. The Morgan fingerprint density at radius 3 is 2.89 bits per heavy atom. The van der Waals surface area contributed by atoms with Crippen molar-refractivity contribution in [3.63, 3.8) is 0 Å².